The van der Waals surface area contributed by atoms with Crippen LogP contribution in [0.15, 0.2) is 24.3 Å². The average Bonchev–Trinajstić information content (AvgIpc) is 2.68. The van der Waals surface area contributed by atoms with Crippen LogP contribution in [0.2, 0.25) is 0 Å². The first-order valence-electron chi connectivity index (χ1n) is 9.67. The first-order chi connectivity index (χ1) is 12.2. The highest BCUT2D eigenvalue weighted by Crippen LogP contribution is 2.34. The number of piperidine rings is 2. The molecule has 0 bridgehead atoms. The maximum atomic E-state index is 13.0. The standard InChI is InChI=1S/C20H28N2O3/c1-15-19(25-18-8-4-3-7-17(18)24-15)20(23)22-13-9-16(10-14-22)21-11-5-2-6-12-21/h3-4,7-8,15-16,19H,2,5-6,9-14H2,1H3/t15-,19+/m0/s1. The molecule has 2 fully saturated rings. The van der Waals surface area contributed by atoms with Crippen molar-refractivity contribution in [2.75, 3.05) is 26.2 Å². The van der Waals surface area contributed by atoms with E-state index in [1.807, 2.05) is 36.1 Å². The van der Waals surface area contributed by atoms with Gasteiger partial charge in [0.1, 0.15) is 6.10 Å². The zero-order chi connectivity index (χ0) is 17.2. The lowest BCUT2D eigenvalue weighted by Crippen LogP contribution is -2.54. The van der Waals surface area contributed by atoms with Crippen molar-refractivity contribution < 1.29 is 14.3 Å². The van der Waals surface area contributed by atoms with Crippen LogP contribution in [-0.2, 0) is 4.79 Å². The number of likely N-dealkylation sites (tertiary alicyclic amines) is 2. The highest BCUT2D eigenvalue weighted by Gasteiger charge is 2.38. The Hall–Kier alpha value is -1.75. The topological polar surface area (TPSA) is 42.0 Å². The third-order valence-electron chi connectivity index (χ3n) is 5.77. The van der Waals surface area contributed by atoms with Crippen molar-refractivity contribution >= 4 is 5.91 Å². The molecule has 2 saturated heterocycles. The summed E-state index contributed by atoms with van der Waals surface area (Å²) in [6.07, 6.45) is 5.36. The molecular weight excluding hydrogens is 316 g/mol. The molecule has 0 unspecified atom stereocenters. The Morgan fingerprint density at radius 1 is 0.960 bits per heavy atom. The summed E-state index contributed by atoms with van der Waals surface area (Å²) in [5, 5.41) is 0. The fourth-order valence-electron chi connectivity index (χ4n) is 4.31. The molecule has 5 nitrogen and oxygen atoms in total. The van der Waals surface area contributed by atoms with E-state index in [-0.39, 0.29) is 12.0 Å². The summed E-state index contributed by atoms with van der Waals surface area (Å²) in [6.45, 7) is 6.03. The van der Waals surface area contributed by atoms with Crippen LogP contribution in [0.1, 0.15) is 39.0 Å². The molecule has 2 atom stereocenters. The van der Waals surface area contributed by atoms with Gasteiger partial charge in [-0.25, -0.2) is 0 Å². The minimum Gasteiger partial charge on any atom is -0.482 e. The summed E-state index contributed by atoms with van der Waals surface area (Å²) in [5.41, 5.74) is 0. The Labute approximate surface area is 149 Å². The van der Waals surface area contributed by atoms with E-state index in [9.17, 15) is 4.79 Å². The number of para-hydroxylation sites is 2. The Morgan fingerprint density at radius 2 is 1.60 bits per heavy atom. The van der Waals surface area contributed by atoms with Crippen LogP contribution in [-0.4, -0.2) is 60.1 Å². The second-order valence-corrected chi connectivity index (χ2v) is 7.46. The van der Waals surface area contributed by atoms with Crippen molar-refractivity contribution in [1.29, 1.82) is 0 Å². The molecule has 1 aromatic carbocycles. The molecule has 5 heteroatoms. The molecule has 0 saturated carbocycles. The first kappa shape index (κ1) is 16.7. The Bertz CT molecular complexity index is 607. The van der Waals surface area contributed by atoms with Crippen LogP contribution in [0.4, 0.5) is 0 Å². The van der Waals surface area contributed by atoms with E-state index in [0.29, 0.717) is 11.8 Å². The van der Waals surface area contributed by atoms with Crippen LogP contribution in [0.5, 0.6) is 11.5 Å². The maximum Gasteiger partial charge on any atom is 0.267 e. The van der Waals surface area contributed by atoms with Crippen LogP contribution in [0.25, 0.3) is 0 Å². The van der Waals surface area contributed by atoms with Crippen molar-refractivity contribution in [3.8, 4) is 11.5 Å². The molecule has 0 aromatic heterocycles. The third-order valence-corrected chi connectivity index (χ3v) is 5.77. The van der Waals surface area contributed by atoms with E-state index >= 15 is 0 Å². The van der Waals surface area contributed by atoms with Gasteiger partial charge >= 0.3 is 0 Å². The molecule has 0 N–H and O–H groups in total. The lowest BCUT2D eigenvalue weighted by atomic mass is 9.99. The number of hydrogen-bond donors (Lipinski definition) is 0. The van der Waals surface area contributed by atoms with E-state index in [1.54, 1.807) is 0 Å². The van der Waals surface area contributed by atoms with Crippen molar-refractivity contribution in [1.82, 2.24) is 9.80 Å². The molecule has 3 heterocycles. The number of rotatable bonds is 2. The van der Waals surface area contributed by atoms with Gasteiger partial charge in [0.2, 0.25) is 6.10 Å². The molecular formula is C20H28N2O3. The van der Waals surface area contributed by atoms with Gasteiger partial charge in [0, 0.05) is 19.1 Å². The van der Waals surface area contributed by atoms with Gasteiger partial charge in [0.05, 0.1) is 0 Å². The summed E-state index contributed by atoms with van der Waals surface area (Å²) < 4.78 is 11.9. The molecule has 3 aliphatic rings. The quantitative estimate of drug-likeness (QED) is 0.827. The fraction of sp³-hybridized carbons (Fsp3) is 0.650. The molecule has 0 aliphatic carbocycles. The summed E-state index contributed by atoms with van der Waals surface area (Å²) in [6, 6.07) is 8.22. The second kappa shape index (κ2) is 7.24. The van der Waals surface area contributed by atoms with E-state index in [1.165, 1.54) is 32.4 Å². The normalized spacial score (nSPS) is 28.0. The zero-order valence-electron chi connectivity index (χ0n) is 15.0. The minimum absolute atomic E-state index is 0.0686. The van der Waals surface area contributed by atoms with Gasteiger partial charge < -0.3 is 19.3 Å². The highest BCUT2D eigenvalue weighted by atomic mass is 16.6. The number of carbonyl (C=O) groups is 1. The third kappa shape index (κ3) is 3.47. The van der Waals surface area contributed by atoms with Crippen LogP contribution >= 0.6 is 0 Å². The van der Waals surface area contributed by atoms with Crippen molar-refractivity contribution in [2.24, 2.45) is 0 Å². The lowest BCUT2D eigenvalue weighted by molar-refractivity contribution is -0.146. The number of ether oxygens (including phenoxy) is 2. The Balaban J connectivity index is 1.36. The second-order valence-electron chi connectivity index (χ2n) is 7.46. The van der Waals surface area contributed by atoms with Gasteiger partial charge in [-0.1, -0.05) is 18.6 Å². The minimum atomic E-state index is -0.540. The predicted octanol–water partition coefficient (Wildman–Crippen LogP) is 2.69. The van der Waals surface area contributed by atoms with Gasteiger partial charge in [0.25, 0.3) is 5.91 Å². The first-order valence-corrected chi connectivity index (χ1v) is 9.67. The number of hydrogen-bond acceptors (Lipinski definition) is 4. The summed E-state index contributed by atoms with van der Waals surface area (Å²) in [5.74, 6) is 1.46. The highest BCUT2D eigenvalue weighted by molar-refractivity contribution is 5.82. The van der Waals surface area contributed by atoms with Crippen molar-refractivity contribution in [2.45, 2.75) is 57.3 Å². The maximum absolute atomic E-state index is 13.0. The molecule has 4 rings (SSSR count). The van der Waals surface area contributed by atoms with Gasteiger partial charge in [-0.05, 0) is 57.8 Å². The Morgan fingerprint density at radius 3 is 2.28 bits per heavy atom. The summed E-state index contributed by atoms with van der Waals surface area (Å²) >= 11 is 0. The number of carbonyl (C=O) groups excluding carboxylic acids is 1. The largest absolute Gasteiger partial charge is 0.482 e. The van der Waals surface area contributed by atoms with Gasteiger partial charge in [-0.15, -0.1) is 0 Å². The molecule has 136 valence electrons. The molecule has 1 aromatic rings. The smallest absolute Gasteiger partial charge is 0.267 e. The molecule has 0 radical (unpaired) electrons. The predicted molar refractivity (Wildman–Crippen MR) is 96.0 cm³/mol. The molecule has 3 aliphatic heterocycles. The van der Waals surface area contributed by atoms with Crippen LogP contribution in [0.3, 0.4) is 0 Å². The Kier molecular flexibility index (Phi) is 4.84. The van der Waals surface area contributed by atoms with Gasteiger partial charge in [-0.2, -0.15) is 0 Å². The SMILES string of the molecule is C[C@@H]1Oc2ccccc2O[C@H]1C(=O)N1CCC(N2CCCCC2)CC1. The lowest BCUT2D eigenvalue weighted by Gasteiger charge is -2.41. The number of nitrogens with zero attached hydrogens (tertiary/aromatic N) is 2. The number of benzene rings is 1. The van der Waals surface area contributed by atoms with E-state index in [0.717, 1.165) is 31.7 Å². The van der Waals surface area contributed by atoms with Crippen molar-refractivity contribution in [3.05, 3.63) is 24.3 Å². The monoisotopic (exact) mass is 344 g/mol. The molecule has 1 amide bonds. The van der Waals surface area contributed by atoms with Crippen LogP contribution in [0, 0.1) is 0 Å². The van der Waals surface area contributed by atoms with E-state index in [4.69, 9.17) is 9.47 Å². The average molecular weight is 344 g/mol. The van der Waals surface area contributed by atoms with Gasteiger partial charge in [0.15, 0.2) is 11.5 Å². The number of amides is 1. The molecule has 25 heavy (non-hydrogen) atoms. The zero-order valence-corrected chi connectivity index (χ0v) is 15.0. The van der Waals surface area contributed by atoms with E-state index < -0.39 is 6.10 Å². The van der Waals surface area contributed by atoms with Crippen LogP contribution < -0.4 is 9.47 Å². The summed E-state index contributed by atoms with van der Waals surface area (Å²) in [7, 11) is 0. The fourth-order valence-corrected chi connectivity index (χ4v) is 4.31. The van der Waals surface area contributed by atoms with E-state index in [2.05, 4.69) is 4.90 Å². The van der Waals surface area contributed by atoms with Gasteiger partial charge in [-0.3, -0.25) is 4.79 Å². The van der Waals surface area contributed by atoms with Crippen molar-refractivity contribution in [3.63, 3.8) is 0 Å². The summed E-state index contributed by atoms with van der Waals surface area (Å²) in [4.78, 5) is 17.6. The number of fused-ring (bicyclic) bond motifs is 1. The molecule has 0 spiro atoms.